The molecule has 0 aliphatic carbocycles. The van der Waals surface area contributed by atoms with Crippen molar-refractivity contribution in [3.8, 4) is 0 Å². The van der Waals surface area contributed by atoms with Crippen LogP contribution in [0.15, 0.2) is 30.5 Å². The van der Waals surface area contributed by atoms with Gasteiger partial charge in [0.25, 0.3) is 0 Å². The van der Waals surface area contributed by atoms with Gasteiger partial charge in [-0.1, -0.05) is 18.2 Å². The van der Waals surface area contributed by atoms with E-state index in [0.717, 1.165) is 57.4 Å². The van der Waals surface area contributed by atoms with Crippen molar-refractivity contribution in [1.82, 2.24) is 14.4 Å². The lowest BCUT2D eigenvalue weighted by atomic mass is 9.93. The van der Waals surface area contributed by atoms with Gasteiger partial charge < -0.3 is 15.0 Å². The van der Waals surface area contributed by atoms with Crippen molar-refractivity contribution in [2.45, 2.75) is 32.4 Å². The number of morpholine rings is 1. The molecular weight excluding hydrogens is 352 g/mol. The molecule has 6 heteroatoms. The number of piperidine rings is 1. The number of aromatic nitrogens is 1. The summed E-state index contributed by atoms with van der Waals surface area (Å²) in [6.45, 7) is 8.68. The number of amides is 1. The second-order valence-electron chi connectivity index (χ2n) is 8.23. The first-order chi connectivity index (χ1) is 13.7. The van der Waals surface area contributed by atoms with Crippen LogP contribution < -0.4 is 5.73 Å². The van der Waals surface area contributed by atoms with Crippen LogP contribution in [0, 0.1) is 5.92 Å². The lowest BCUT2D eigenvalue weighted by molar-refractivity contribution is -0.118. The lowest BCUT2D eigenvalue weighted by Gasteiger charge is -2.33. The predicted molar refractivity (Wildman–Crippen MR) is 111 cm³/mol. The van der Waals surface area contributed by atoms with E-state index in [1.54, 1.807) is 0 Å². The first-order valence-electron chi connectivity index (χ1n) is 10.6. The second-order valence-corrected chi connectivity index (χ2v) is 8.23. The third-order valence-corrected chi connectivity index (χ3v) is 6.26. The van der Waals surface area contributed by atoms with Gasteiger partial charge in [-0.2, -0.15) is 0 Å². The fourth-order valence-corrected chi connectivity index (χ4v) is 4.61. The fourth-order valence-electron chi connectivity index (χ4n) is 4.61. The number of benzene rings is 1. The first-order valence-corrected chi connectivity index (χ1v) is 10.6. The SMILES string of the molecule is NC(=O)Cn1cc(CN2CCC(CCN3CCOCC3)CC2)c2ccccc21. The molecule has 0 saturated carbocycles. The number of para-hydroxylation sites is 1. The van der Waals surface area contributed by atoms with Crippen molar-refractivity contribution in [2.24, 2.45) is 11.7 Å². The Labute approximate surface area is 167 Å². The maximum absolute atomic E-state index is 11.4. The molecule has 2 aromatic rings. The topological polar surface area (TPSA) is 63.7 Å². The van der Waals surface area contributed by atoms with Gasteiger partial charge in [0.2, 0.25) is 5.91 Å². The summed E-state index contributed by atoms with van der Waals surface area (Å²) in [6, 6.07) is 8.30. The highest BCUT2D eigenvalue weighted by Gasteiger charge is 2.22. The Morgan fingerprint density at radius 2 is 1.82 bits per heavy atom. The van der Waals surface area contributed by atoms with Crippen LogP contribution in [-0.2, 0) is 22.6 Å². The van der Waals surface area contributed by atoms with Gasteiger partial charge in [-0.25, -0.2) is 0 Å². The summed E-state index contributed by atoms with van der Waals surface area (Å²) in [6.07, 6.45) is 5.99. The molecule has 2 saturated heterocycles. The number of hydrogen-bond acceptors (Lipinski definition) is 4. The van der Waals surface area contributed by atoms with E-state index in [0.29, 0.717) is 0 Å². The molecule has 1 aromatic carbocycles. The van der Waals surface area contributed by atoms with Crippen LogP contribution in [0.2, 0.25) is 0 Å². The molecule has 2 aliphatic rings. The highest BCUT2D eigenvalue weighted by molar-refractivity contribution is 5.85. The van der Waals surface area contributed by atoms with Crippen LogP contribution in [-0.4, -0.2) is 66.2 Å². The molecule has 4 rings (SSSR count). The number of primary amides is 1. The summed E-state index contributed by atoms with van der Waals surface area (Å²) in [5.74, 6) is 0.545. The molecule has 0 atom stereocenters. The number of rotatable bonds is 7. The molecule has 2 aliphatic heterocycles. The van der Waals surface area contributed by atoms with Gasteiger partial charge in [0.05, 0.1) is 13.2 Å². The molecule has 0 bridgehead atoms. The molecule has 3 heterocycles. The van der Waals surface area contributed by atoms with Gasteiger partial charge in [0, 0.05) is 36.7 Å². The van der Waals surface area contributed by atoms with Crippen molar-refractivity contribution in [2.75, 3.05) is 45.9 Å². The molecule has 0 unspecified atom stereocenters. The Hall–Kier alpha value is -1.89. The van der Waals surface area contributed by atoms with E-state index in [9.17, 15) is 4.79 Å². The van der Waals surface area contributed by atoms with Crippen molar-refractivity contribution in [1.29, 1.82) is 0 Å². The molecular formula is C22H32N4O2. The zero-order chi connectivity index (χ0) is 19.3. The van der Waals surface area contributed by atoms with Gasteiger partial charge in [0.1, 0.15) is 6.54 Å². The molecule has 2 fully saturated rings. The Balaban J connectivity index is 1.31. The quantitative estimate of drug-likeness (QED) is 0.794. The van der Waals surface area contributed by atoms with E-state index in [-0.39, 0.29) is 12.5 Å². The maximum Gasteiger partial charge on any atom is 0.237 e. The van der Waals surface area contributed by atoms with Crippen molar-refractivity contribution in [3.05, 3.63) is 36.0 Å². The Morgan fingerprint density at radius 3 is 2.57 bits per heavy atom. The maximum atomic E-state index is 11.4. The number of fused-ring (bicyclic) bond motifs is 1. The Bertz CT molecular complexity index is 789. The van der Waals surface area contributed by atoms with E-state index in [1.807, 2.05) is 10.6 Å². The van der Waals surface area contributed by atoms with E-state index in [1.165, 1.54) is 36.8 Å². The van der Waals surface area contributed by atoms with E-state index in [2.05, 4.69) is 34.2 Å². The fraction of sp³-hybridized carbons (Fsp3) is 0.591. The van der Waals surface area contributed by atoms with Crippen LogP contribution in [0.1, 0.15) is 24.8 Å². The molecule has 6 nitrogen and oxygen atoms in total. The molecule has 1 amide bonds. The summed E-state index contributed by atoms with van der Waals surface area (Å²) < 4.78 is 7.43. The van der Waals surface area contributed by atoms with Crippen LogP contribution in [0.25, 0.3) is 10.9 Å². The minimum atomic E-state index is -0.298. The Morgan fingerprint density at radius 1 is 1.07 bits per heavy atom. The van der Waals surface area contributed by atoms with Gasteiger partial charge in [-0.3, -0.25) is 14.6 Å². The highest BCUT2D eigenvalue weighted by atomic mass is 16.5. The number of carbonyl (C=O) groups is 1. The van der Waals surface area contributed by atoms with Crippen molar-refractivity contribution in [3.63, 3.8) is 0 Å². The third-order valence-electron chi connectivity index (χ3n) is 6.26. The number of ether oxygens (including phenoxy) is 1. The third kappa shape index (κ3) is 4.74. The minimum Gasteiger partial charge on any atom is -0.379 e. The van der Waals surface area contributed by atoms with Gasteiger partial charge >= 0.3 is 0 Å². The summed E-state index contributed by atoms with van der Waals surface area (Å²) in [4.78, 5) is 16.5. The van der Waals surface area contributed by atoms with E-state index >= 15 is 0 Å². The van der Waals surface area contributed by atoms with Gasteiger partial charge in [0.15, 0.2) is 0 Å². The molecule has 0 spiro atoms. The zero-order valence-corrected chi connectivity index (χ0v) is 16.7. The lowest BCUT2D eigenvalue weighted by Crippen LogP contribution is -2.39. The number of nitrogens with zero attached hydrogens (tertiary/aromatic N) is 3. The number of nitrogens with two attached hydrogens (primary N) is 1. The van der Waals surface area contributed by atoms with Crippen molar-refractivity contribution >= 4 is 16.8 Å². The normalized spacial score (nSPS) is 20.0. The molecule has 1 aromatic heterocycles. The standard InChI is InChI=1S/C22H32N4O2/c23-22(27)17-26-16-19(20-3-1-2-4-21(20)26)15-25-9-6-18(7-10-25)5-8-24-11-13-28-14-12-24/h1-4,16,18H,5-15,17H2,(H2,23,27). The second kappa shape index (κ2) is 9.07. The van der Waals surface area contributed by atoms with Crippen LogP contribution in [0.4, 0.5) is 0 Å². The van der Waals surface area contributed by atoms with E-state index < -0.39 is 0 Å². The molecule has 152 valence electrons. The summed E-state index contributed by atoms with van der Waals surface area (Å²) >= 11 is 0. The smallest absolute Gasteiger partial charge is 0.237 e. The summed E-state index contributed by atoms with van der Waals surface area (Å²) in [5, 5.41) is 1.23. The van der Waals surface area contributed by atoms with Crippen LogP contribution >= 0.6 is 0 Å². The first kappa shape index (κ1) is 19.4. The average Bonchev–Trinajstić information content (AvgIpc) is 3.05. The van der Waals surface area contributed by atoms with Gasteiger partial charge in [-0.15, -0.1) is 0 Å². The molecule has 2 N–H and O–H groups in total. The molecule has 28 heavy (non-hydrogen) atoms. The predicted octanol–water partition coefficient (Wildman–Crippen LogP) is 2.06. The Kier molecular flexibility index (Phi) is 6.29. The number of likely N-dealkylation sites (tertiary alicyclic amines) is 1. The molecule has 0 radical (unpaired) electrons. The van der Waals surface area contributed by atoms with Crippen LogP contribution in [0.3, 0.4) is 0 Å². The number of hydrogen-bond donors (Lipinski definition) is 1. The van der Waals surface area contributed by atoms with Crippen molar-refractivity contribution < 1.29 is 9.53 Å². The zero-order valence-electron chi connectivity index (χ0n) is 16.7. The largest absolute Gasteiger partial charge is 0.379 e. The summed E-state index contributed by atoms with van der Waals surface area (Å²) in [5.41, 5.74) is 7.82. The van der Waals surface area contributed by atoms with Gasteiger partial charge in [-0.05, 0) is 56.4 Å². The highest BCUT2D eigenvalue weighted by Crippen LogP contribution is 2.26. The number of carbonyl (C=O) groups excluding carboxylic acids is 1. The summed E-state index contributed by atoms with van der Waals surface area (Å²) in [7, 11) is 0. The van der Waals surface area contributed by atoms with E-state index in [4.69, 9.17) is 10.5 Å². The average molecular weight is 385 g/mol. The minimum absolute atomic E-state index is 0.240. The van der Waals surface area contributed by atoms with Crippen LogP contribution in [0.5, 0.6) is 0 Å². The monoisotopic (exact) mass is 384 g/mol.